The average molecular weight is 406 g/mol. The molecule has 0 unspecified atom stereocenters. The number of rotatable bonds is 6. The zero-order valence-corrected chi connectivity index (χ0v) is 15.7. The maximum Gasteiger partial charge on any atom is 0.416 e. The molecule has 1 aliphatic carbocycles. The van der Waals surface area contributed by atoms with Crippen LogP contribution in [0.1, 0.15) is 36.1 Å². The molecule has 1 atom stereocenters. The van der Waals surface area contributed by atoms with Gasteiger partial charge in [0.2, 0.25) is 11.8 Å². The standard InChI is InChI=1S/C21H21F3N2O3/c22-21(23,24)16-4-1-3-14(9-16)11-25-12-15(10-19(25)27)20(28)26(17-6-7-17)13-18-5-2-8-29-18/h1-5,8-9,15,17H,6-7,10-13H2/t15-/m1/s1. The van der Waals surface area contributed by atoms with Crippen LogP contribution in [0.4, 0.5) is 13.2 Å². The maximum atomic E-state index is 13.0. The van der Waals surface area contributed by atoms with Crippen molar-refractivity contribution in [3.63, 3.8) is 0 Å². The van der Waals surface area contributed by atoms with Crippen molar-refractivity contribution in [3.8, 4) is 0 Å². The lowest BCUT2D eigenvalue weighted by atomic mass is 10.1. The van der Waals surface area contributed by atoms with E-state index in [9.17, 15) is 22.8 Å². The van der Waals surface area contributed by atoms with E-state index >= 15 is 0 Å². The highest BCUT2D eigenvalue weighted by Crippen LogP contribution is 2.33. The summed E-state index contributed by atoms with van der Waals surface area (Å²) in [5.74, 6) is -0.0995. The van der Waals surface area contributed by atoms with E-state index in [2.05, 4.69) is 0 Å². The molecule has 154 valence electrons. The smallest absolute Gasteiger partial charge is 0.416 e. The molecule has 2 heterocycles. The third-order valence-electron chi connectivity index (χ3n) is 5.37. The summed E-state index contributed by atoms with van der Waals surface area (Å²) in [5, 5.41) is 0. The van der Waals surface area contributed by atoms with E-state index in [1.54, 1.807) is 23.3 Å². The molecular formula is C21H21F3N2O3. The summed E-state index contributed by atoms with van der Waals surface area (Å²) in [6.07, 6.45) is -0.928. The van der Waals surface area contributed by atoms with Crippen LogP contribution < -0.4 is 0 Å². The number of alkyl halides is 3. The molecule has 4 rings (SSSR count). The molecule has 2 amide bonds. The van der Waals surface area contributed by atoms with E-state index in [-0.39, 0.29) is 37.4 Å². The molecule has 0 bridgehead atoms. The van der Waals surface area contributed by atoms with Crippen LogP contribution in [0.3, 0.4) is 0 Å². The number of hydrogen-bond donors (Lipinski definition) is 0. The highest BCUT2D eigenvalue weighted by Gasteiger charge is 2.41. The van der Waals surface area contributed by atoms with Gasteiger partial charge in [-0.3, -0.25) is 9.59 Å². The van der Waals surface area contributed by atoms with E-state index in [1.165, 1.54) is 11.0 Å². The van der Waals surface area contributed by atoms with Crippen LogP contribution in [0, 0.1) is 5.92 Å². The molecular weight excluding hydrogens is 385 g/mol. The second-order valence-corrected chi connectivity index (χ2v) is 7.65. The Morgan fingerprint density at radius 1 is 1.21 bits per heavy atom. The van der Waals surface area contributed by atoms with Gasteiger partial charge in [-0.25, -0.2) is 0 Å². The van der Waals surface area contributed by atoms with E-state index in [0.717, 1.165) is 25.0 Å². The predicted molar refractivity (Wildman–Crippen MR) is 97.2 cm³/mol. The molecule has 2 aromatic rings. The topological polar surface area (TPSA) is 53.8 Å². The van der Waals surface area contributed by atoms with Crippen LogP contribution in [-0.2, 0) is 28.9 Å². The summed E-state index contributed by atoms with van der Waals surface area (Å²) >= 11 is 0. The Bertz CT molecular complexity index is 891. The average Bonchev–Trinajstić information content (AvgIpc) is 3.26. The molecule has 0 radical (unpaired) electrons. The number of halogens is 3. The Morgan fingerprint density at radius 3 is 2.66 bits per heavy atom. The summed E-state index contributed by atoms with van der Waals surface area (Å²) in [6.45, 7) is 0.651. The Morgan fingerprint density at radius 2 is 2.00 bits per heavy atom. The first-order chi connectivity index (χ1) is 13.8. The van der Waals surface area contributed by atoms with Gasteiger partial charge in [0.25, 0.3) is 0 Å². The number of carbonyl (C=O) groups excluding carboxylic acids is 2. The minimum Gasteiger partial charge on any atom is -0.467 e. The quantitative estimate of drug-likeness (QED) is 0.733. The van der Waals surface area contributed by atoms with Gasteiger partial charge in [0, 0.05) is 25.6 Å². The SMILES string of the molecule is O=C1C[C@@H](C(=O)N(Cc2ccco2)C2CC2)CN1Cc1cccc(C(F)(F)F)c1. The van der Waals surface area contributed by atoms with Crippen LogP contribution in [0.2, 0.25) is 0 Å². The molecule has 29 heavy (non-hydrogen) atoms. The monoisotopic (exact) mass is 406 g/mol. The van der Waals surface area contributed by atoms with Crippen LogP contribution in [-0.4, -0.2) is 34.2 Å². The van der Waals surface area contributed by atoms with Gasteiger partial charge < -0.3 is 14.2 Å². The van der Waals surface area contributed by atoms with Crippen molar-refractivity contribution in [2.24, 2.45) is 5.92 Å². The third-order valence-corrected chi connectivity index (χ3v) is 5.37. The number of likely N-dealkylation sites (tertiary alicyclic amines) is 1. The van der Waals surface area contributed by atoms with Crippen molar-refractivity contribution in [3.05, 3.63) is 59.5 Å². The Kier molecular flexibility index (Phi) is 5.10. The number of furan rings is 1. The fraction of sp³-hybridized carbons (Fsp3) is 0.429. The fourth-order valence-electron chi connectivity index (χ4n) is 3.73. The van der Waals surface area contributed by atoms with Crippen LogP contribution in [0.5, 0.6) is 0 Å². The van der Waals surface area contributed by atoms with Gasteiger partial charge >= 0.3 is 6.18 Å². The normalized spacial score (nSPS) is 19.6. The predicted octanol–water partition coefficient (Wildman–Crippen LogP) is 3.84. The van der Waals surface area contributed by atoms with Gasteiger partial charge in [-0.2, -0.15) is 13.2 Å². The lowest BCUT2D eigenvalue weighted by molar-refractivity contribution is -0.138. The zero-order valence-electron chi connectivity index (χ0n) is 15.7. The van der Waals surface area contributed by atoms with Crippen molar-refractivity contribution in [2.45, 2.75) is 44.6 Å². The van der Waals surface area contributed by atoms with Crippen LogP contribution >= 0.6 is 0 Å². The first kappa shape index (κ1) is 19.5. The Labute approximate surface area is 166 Å². The highest BCUT2D eigenvalue weighted by atomic mass is 19.4. The first-order valence-corrected chi connectivity index (χ1v) is 9.58. The molecule has 1 saturated heterocycles. The minimum atomic E-state index is -4.43. The number of amides is 2. The van der Waals surface area contributed by atoms with Gasteiger partial charge in [0.05, 0.1) is 24.3 Å². The summed E-state index contributed by atoms with van der Waals surface area (Å²) in [5.41, 5.74) is -0.344. The van der Waals surface area contributed by atoms with E-state index in [0.29, 0.717) is 17.9 Å². The molecule has 1 aromatic heterocycles. The largest absolute Gasteiger partial charge is 0.467 e. The second kappa shape index (κ2) is 7.57. The van der Waals surface area contributed by atoms with E-state index < -0.39 is 17.7 Å². The Balaban J connectivity index is 1.42. The summed E-state index contributed by atoms with van der Waals surface area (Å²) in [6, 6.07) is 8.69. The third kappa shape index (κ3) is 4.46. The summed E-state index contributed by atoms with van der Waals surface area (Å²) < 4.78 is 44.1. The molecule has 1 aromatic carbocycles. The Hall–Kier alpha value is -2.77. The van der Waals surface area contributed by atoms with Gasteiger partial charge in [0.1, 0.15) is 5.76 Å². The van der Waals surface area contributed by atoms with E-state index in [4.69, 9.17) is 4.42 Å². The number of nitrogens with zero attached hydrogens (tertiary/aromatic N) is 2. The summed E-state index contributed by atoms with van der Waals surface area (Å²) in [7, 11) is 0. The van der Waals surface area contributed by atoms with Crippen molar-refractivity contribution < 1.29 is 27.2 Å². The molecule has 0 spiro atoms. The van der Waals surface area contributed by atoms with Crippen molar-refractivity contribution in [1.82, 2.24) is 9.80 Å². The van der Waals surface area contributed by atoms with Crippen molar-refractivity contribution in [2.75, 3.05) is 6.54 Å². The molecule has 2 aliphatic rings. The van der Waals surface area contributed by atoms with Crippen LogP contribution in [0.15, 0.2) is 47.1 Å². The molecule has 1 saturated carbocycles. The second-order valence-electron chi connectivity index (χ2n) is 7.65. The lowest BCUT2D eigenvalue weighted by Crippen LogP contribution is -2.38. The van der Waals surface area contributed by atoms with Gasteiger partial charge in [-0.15, -0.1) is 0 Å². The number of carbonyl (C=O) groups is 2. The lowest BCUT2D eigenvalue weighted by Gasteiger charge is -2.25. The molecule has 5 nitrogen and oxygen atoms in total. The first-order valence-electron chi connectivity index (χ1n) is 9.58. The van der Waals surface area contributed by atoms with Gasteiger partial charge in [0.15, 0.2) is 0 Å². The van der Waals surface area contributed by atoms with E-state index in [1.807, 2.05) is 6.07 Å². The number of benzene rings is 1. The minimum absolute atomic E-state index is 0.0636. The van der Waals surface area contributed by atoms with Crippen molar-refractivity contribution >= 4 is 11.8 Å². The molecule has 1 aliphatic heterocycles. The van der Waals surface area contributed by atoms with Gasteiger partial charge in [-0.1, -0.05) is 12.1 Å². The van der Waals surface area contributed by atoms with Crippen molar-refractivity contribution in [1.29, 1.82) is 0 Å². The van der Waals surface area contributed by atoms with Gasteiger partial charge in [-0.05, 0) is 42.7 Å². The van der Waals surface area contributed by atoms with Crippen LogP contribution in [0.25, 0.3) is 0 Å². The molecule has 0 N–H and O–H groups in total. The number of hydrogen-bond acceptors (Lipinski definition) is 3. The fourth-order valence-corrected chi connectivity index (χ4v) is 3.73. The molecule has 8 heteroatoms. The zero-order chi connectivity index (χ0) is 20.6. The maximum absolute atomic E-state index is 13.0. The highest BCUT2D eigenvalue weighted by molar-refractivity contribution is 5.89. The summed E-state index contributed by atoms with van der Waals surface area (Å²) in [4.78, 5) is 28.7. The molecule has 2 fully saturated rings.